The van der Waals surface area contributed by atoms with Crippen LogP contribution >= 0.6 is 11.6 Å². The summed E-state index contributed by atoms with van der Waals surface area (Å²) in [5, 5.41) is 3.33. The second-order valence-corrected chi connectivity index (χ2v) is 3.98. The Balaban J connectivity index is 2.03. The quantitative estimate of drug-likeness (QED) is 0.560. The summed E-state index contributed by atoms with van der Waals surface area (Å²) in [5.74, 6) is 0.570. The van der Waals surface area contributed by atoms with Crippen molar-refractivity contribution in [2.24, 2.45) is 0 Å². The Morgan fingerprint density at radius 2 is 2.25 bits per heavy atom. The average Bonchev–Trinajstić information content (AvgIpc) is 2.28. The van der Waals surface area contributed by atoms with Crippen LogP contribution in [0.3, 0.4) is 0 Å². The van der Waals surface area contributed by atoms with Crippen molar-refractivity contribution in [3.8, 4) is 0 Å². The molecule has 0 spiro atoms. The first-order valence-corrected chi connectivity index (χ1v) is 6.13. The molecule has 0 bridgehead atoms. The maximum Gasteiger partial charge on any atom is 0.0601 e. The lowest BCUT2D eigenvalue weighted by Crippen LogP contribution is -2.17. The maximum absolute atomic E-state index is 5.49. The third-order valence-corrected chi connectivity index (χ3v) is 2.27. The summed E-state index contributed by atoms with van der Waals surface area (Å²) < 4.78 is 5.27. The second kappa shape index (κ2) is 8.50. The minimum absolute atomic E-state index is 0.570. The fraction of sp³-hybridized carbons (Fsp3) is 0.583. The zero-order valence-corrected chi connectivity index (χ0v) is 10.5. The molecule has 0 aliphatic rings. The summed E-state index contributed by atoms with van der Waals surface area (Å²) in [4.78, 5) is 4.41. The molecular weight excluding hydrogens is 224 g/mol. The monoisotopic (exact) mass is 242 g/mol. The highest BCUT2D eigenvalue weighted by molar-refractivity contribution is 6.17. The number of hydrogen-bond donors (Lipinski definition) is 1. The van der Waals surface area contributed by atoms with Gasteiger partial charge >= 0.3 is 0 Å². The zero-order chi connectivity index (χ0) is 11.6. The lowest BCUT2D eigenvalue weighted by Gasteiger charge is -2.05. The number of nitrogens with one attached hydrogen (secondary N) is 1. The summed E-state index contributed by atoms with van der Waals surface area (Å²) >= 11 is 5.49. The molecule has 0 aromatic carbocycles. The maximum atomic E-state index is 5.49. The summed E-state index contributed by atoms with van der Waals surface area (Å²) in [7, 11) is 0. The minimum Gasteiger partial charge on any atom is -0.380 e. The fourth-order valence-electron chi connectivity index (χ4n) is 1.37. The van der Waals surface area contributed by atoms with Gasteiger partial charge < -0.3 is 10.1 Å². The van der Waals surface area contributed by atoms with Crippen LogP contribution in [0.25, 0.3) is 0 Å². The van der Waals surface area contributed by atoms with Gasteiger partial charge in [-0.05, 0) is 32.0 Å². The van der Waals surface area contributed by atoms with Crippen LogP contribution in [-0.2, 0) is 11.3 Å². The van der Waals surface area contributed by atoms with E-state index in [1.807, 2.05) is 25.1 Å². The molecule has 0 aliphatic carbocycles. The number of alkyl halides is 1. The fourth-order valence-corrected chi connectivity index (χ4v) is 1.48. The SMILES string of the molecule is Cc1cccc(CNCCCOCCCl)n1. The molecule has 3 nitrogen and oxygen atoms in total. The van der Waals surface area contributed by atoms with Crippen molar-refractivity contribution >= 4 is 11.6 Å². The molecule has 1 aromatic rings. The first kappa shape index (κ1) is 13.4. The molecule has 1 heterocycles. The highest BCUT2D eigenvalue weighted by atomic mass is 35.5. The van der Waals surface area contributed by atoms with E-state index in [4.69, 9.17) is 16.3 Å². The summed E-state index contributed by atoms with van der Waals surface area (Å²) in [5.41, 5.74) is 2.14. The van der Waals surface area contributed by atoms with Gasteiger partial charge in [-0.25, -0.2) is 0 Å². The molecule has 0 saturated carbocycles. The minimum atomic E-state index is 0.570. The van der Waals surface area contributed by atoms with E-state index >= 15 is 0 Å². The van der Waals surface area contributed by atoms with Crippen molar-refractivity contribution < 1.29 is 4.74 Å². The van der Waals surface area contributed by atoms with Crippen LogP contribution in [0.2, 0.25) is 0 Å². The Bertz CT molecular complexity index is 294. The Labute approximate surface area is 102 Å². The Hall–Kier alpha value is -0.640. The molecule has 90 valence electrons. The highest BCUT2D eigenvalue weighted by Crippen LogP contribution is 1.97. The van der Waals surface area contributed by atoms with E-state index in [1.54, 1.807) is 0 Å². The molecule has 0 saturated heterocycles. The molecule has 0 unspecified atom stereocenters. The van der Waals surface area contributed by atoms with E-state index in [0.717, 1.165) is 37.5 Å². The molecule has 1 N–H and O–H groups in total. The van der Waals surface area contributed by atoms with Gasteiger partial charge in [0, 0.05) is 24.7 Å². The smallest absolute Gasteiger partial charge is 0.0601 e. The molecule has 16 heavy (non-hydrogen) atoms. The van der Waals surface area contributed by atoms with Gasteiger partial charge in [-0.3, -0.25) is 4.98 Å². The Morgan fingerprint density at radius 3 is 3.00 bits per heavy atom. The normalized spacial score (nSPS) is 10.6. The van der Waals surface area contributed by atoms with Gasteiger partial charge in [0.05, 0.1) is 12.3 Å². The zero-order valence-electron chi connectivity index (χ0n) is 9.71. The molecule has 0 amide bonds. The van der Waals surface area contributed by atoms with Crippen molar-refractivity contribution in [1.82, 2.24) is 10.3 Å². The molecule has 0 atom stereocenters. The highest BCUT2D eigenvalue weighted by Gasteiger charge is 1.94. The van der Waals surface area contributed by atoms with Crippen LogP contribution in [0.15, 0.2) is 18.2 Å². The van der Waals surface area contributed by atoms with Gasteiger partial charge in [0.2, 0.25) is 0 Å². The number of hydrogen-bond acceptors (Lipinski definition) is 3. The number of nitrogens with zero attached hydrogens (tertiary/aromatic N) is 1. The van der Waals surface area contributed by atoms with Crippen LogP contribution in [-0.4, -0.2) is 30.6 Å². The lowest BCUT2D eigenvalue weighted by molar-refractivity contribution is 0.146. The first-order chi connectivity index (χ1) is 7.83. The van der Waals surface area contributed by atoms with Gasteiger partial charge in [-0.15, -0.1) is 11.6 Å². The van der Waals surface area contributed by atoms with Gasteiger partial charge in [0.15, 0.2) is 0 Å². The third-order valence-electron chi connectivity index (χ3n) is 2.12. The molecule has 0 fully saturated rings. The number of ether oxygens (including phenoxy) is 1. The van der Waals surface area contributed by atoms with Gasteiger partial charge in [-0.2, -0.15) is 0 Å². The molecule has 1 rings (SSSR count). The molecule has 4 heteroatoms. The summed E-state index contributed by atoms with van der Waals surface area (Å²) in [6.45, 7) is 5.17. The first-order valence-electron chi connectivity index (χ1n) is 5.60. The van der Waals surface area contributed by atoms with Crippen molar-refractivity contribution in [3.63, 3.8) is 0 Å². The van der Waals surface area contributed by atoms with Crippen LogP contribution < -0.4 is 5.32 Å². The van der Waals surface area contributed by atoms with Crippen LogP contribution in [0.4, 0.5) is 0 Å². The lowest BCUT2D eigenvalue weighted by atomic mass is 10.3. The van der Waals surface area contributed by atoms with Crippen LogP contribution in [0.1, 0.15) is 17.8 Å². The van der Waals surface area contributed by atoms with Crippen molar-refractivity contribution in [2.75, 3.05) is 25.6 Å². The van der Waals surface area contributed by atoms with E-state index in [0.29, 0.717) is 12.5 Å². The van der Waals surface area contributed by atoms with E-state index in [2.05, 4.69) is 10.3 Å². The summed E-state index contributed by atoms with van der Waals surface area (Å²) in [6.07, 6.45) is 1.00. The van der Waals surface area contributed by atoms with Crippen molar-refractivity contribution in [3.05, 3.63) is 29.6 Å². The molecule has 1 aromatic heterocycles. The van der Waals surface area contributed by atoms with Crippen LogP contribution in [0, 0.1) is 6.92 Å². The second-order valence-electron chi connectivity index (χ2n) is 3.60. The Kier molecular flexibility index (Phi) is 7.14. The predicted molar refractivity (Wildman–Crippen MR) is 66.8 cm³/mol. The topological polar surface area (TPSA) is 34.1 Å². The number of rotatable bonds is 8. The number of aromatic nitrogens is 1. The standard InChI is InChI=1S/C12H19ClN2O/c1-11-4-2-5-12(15-11)10-14-7-3-8-16-9-6-13/h2,4-5,14H,3,6-10H2,1H3. The third kappa shape index (κ3) is 6.05. The van der Waals surface area contributed by atoms with E-state index in [1.165, 1.54) is 0 Å². The van der Waals surface area contributed by atoms with Crippen molar-refractivity contribution in [2.45, 2.75) is 19.9 Å². The van der Waals surface area contributed by atoms with Crippen molar-refractivity contribution in [1.29, 1.82) is 0 Å². The van der Waals surface area contributed by atoms with Gasteiger partial charge in [-0.1, -0.05) is 6.07 Å². The number of pyridine rings is 1. The largest absolute Gasteiger partial charge is 0.380 e. The van der Waals surface area contributed by atoms with Gasteiger partial charge in [0.1, 0.15) is 0 Å². The van der Waals surface area contributed by atoms with E-state index < -0.39 is 0 Å². The van der Waals surface area contributed by atoms with Crippen LogP contribution in [0.5, 0.6) is 0 Å². The average molecular weight is 243 g/mol. The van der Waals surface area contributed by atoms with E-state index in [-0.39, 0.29) is 0 Å². The molecular formula is C12H19ClN2O. The molecule has 0 radical (unpaired) electrons. The number of halogens is 1. The van der Waals surface area contributed by atoms with E-state index in [9.17, 15) is 0 Å². The predicted octanol–water partition coefficient (Wildman–Crippen LogP) is 2.13. The Morgan fingerprint density at radius 1 is 1.38 bits per heavy atom. The summed E-state index contributed by atoms with van der Waals surface area (Å²) in [6, 6.07) is 6.07. The van der Waals surface area contributed by atoms with Gasteiger partial charge in [0.25, 0.3) is 0 Å². The molecule has 0 aliphatic heterocycles. The number of aryl methyl sites for hydroxylation is 1.